The van der Waals surface area contributed by atoms with Crippen LogP contribution in [0.25, 0.3) is 0 Å². The lowest BCUT2D eigenvalue weighted by molar-refractivity contribution is -0.384. The molecule has 0 unspecified atom stereocenters. The molecule has 8 nitrogen and oxygen atoms in total. The van der Waals surface area contributed by atoms with E-state index in [0.29, 0.717) is 24.7 Å². The summed E-state index contributed by atoms with van der Waals surface area (Å²) in [5.74, 6) is 0.123. The number of benzene rings is 1. The average molecular weight is 330 g/mol. The third-order valence-electron chi connectivity index (χ3n) is 3.26. The van der Waals surface area contributed by atoms with Gasteiger partial charge in [0.2, 0.25) is 5.88 Å². The zero-order valence-corrected chi connectivity index (χ0v) is 13.4. The number of carbonyl (C=O) groups is 1. The Labute approximate surface area is 139 Å². The first-order chi connectivity index (χ1) is 11.5. The van der Waals surface area contributed by atoms with Gasteiger partial charge in [-0.15, -0.1) is 0 Å². The number of ether oxygens (including phenoxy) is 1. The lowest BCUT2D eigenvalue weighted by Gasteiger charge is -2.12. The van der Waals surface area contributed by atoms with Crippen LogP contribution in [-0.4, -0.2) is 29.5 Å². The molecule has 0 spiro atoms. The second-order valence-corrected chi connectivity index (χ2v) is 4.86. The molecule has 0 bridgehead atoms. The van der Waals surface area contributed by atoms with E-state index in [4.69, 9.17) is 4.74 Å². The summed E-state index contributed by atoms with van der Waals surface area (Å²) in [6, 6.07) is 7.74. The molecule has 1 amide bonds. The van der Waals surface area contributed by atoms with E-state index in [-0.39, 0.29) is 11.3 Å². The minimum atomic E-state index is -0.534. The molecule has 0 saturated carbocycles. The number of carbonyl (C=O) groups excluding carboxylic acids is 1. The van der Waals surface area contributed by atoms with Crippen molar-refractivity contribution in [1.29, 1.82) is 0 Å². The molecule has 8 heteroatoms. The third kappa shape index (κ3) is 4.19. The molecule has 1 heterocycles. The van der Waals surface area contributed by atoms with Crippen molar-refractivity contribution < 1.29 is 14.5 Å². The Morgan fingerprint density at radius 2 is 2.12 bits per heavy atom. The van der Waals surface area contributed by atoms with E-state index in [1.807, 2.05) is 13.0 Å². The Balaban J connectivity index is 2.21. The number of amides is 1. The number of anilines is 1. The smallest absolute Gasteiger partial charge is 0.270 e. The van der Waals surface area contributed by atoms with Crippen molar-refractivity contribution in [1.82, 2.24) is 10.3 Å². The van der Waals surface area contributed by atoms with Crippen LogP contribution in [0.15, 0.2) is 36.5 Å². The van der Waals surface area contributed by atoms with Crippen molar-refractivity contribution in [2.24, 2.45) is 0 Å². The van der Waals surface area contributed by atoms with Crippen LogP contribution in [-0.2, 0) is 6.54 Å². The molecule has 1 aromatic carbocycles. The molecule has 126 valence electrons. The standard InChI is InChI=1S/C16H18N4O4/c1-3-24-15-8-11(6-7-18-15)10-19-14-5-4-12(20(22)23)9-13(14)16(21)17-2/h4-9,19H,3,10H2,1-2H3,(H,17,21). The van der Waals surface area contributed by atoms with Crippen molar-refractivity contribution in [3.63, 3.8) is 0 Å². The van der Waals surface area contributed by atoms with E-state index in [1.54, 1.807) is 12.3 Å². The maximum Gasteiger partial charge on any atom is 0.270 e. The lowest BCUT2D eigenvalue weighted by atomic mass is 10.1. The van der Waals surface area contributed by atoms with E-state index in [9.17, 15) is 14.9 Å². The molecular formula is C16H18N4O4. The minimum Gasteiger partial charge on any atom is -0.478 e. The Hall–Kier alpha value is -3.16. The van der Waals surface area contributed by atoms with Crippen LogP contribution < -0.4 is 15.4 Å². The number of nitrogens with zero attached hydrogens (tertiary/aromatic N) is 2. The van der Waals surface area contributed by atoms with Gasteiger partial charge in [0, 0.05) is 43.7 Å². The normalized spacial score (nSPS) is 10.1. The summed E-state index contributed by atoms with van der Waals surface area (Å²) >= 11 is 0. The zero-order valence-electron chi connectivity index (χ0n) is 13.4. The highest BCUT2D eigenvalue weighted by molar-refractivity contribution is 6.00. The molecule has 0 fully saturated rings. The molecule has 0 aliphatic carbocycles. The molecule has 1 aromatic heterocycles. The summed E-state index contributed by atoms with van der Waals surface area (Å²) in [6.07, 6.45) is 1.64. The van der Waals surface area contributed by atoms with Crippen LogP contribution in [0.4, 0.5) is 11.4 Å². The largest absolute Gasteiger partial charge is 0.478 e. The first-order valence-corrected chi connectivity index (χ1v) is 7.37. The van der Waals surface area contributed by atoms with Crippen LogP contribution in [0.1, 0.15) is 22.8 Å². The Morgan fingerprint density at radius 1 is 1.33 bits per heavy atom. The van der Waals surface area contributed by atoms with E-state index in [0.717, 1.165) is 5.56 Å². The summed E-state index contributed by atoms with van der Waals surface area (Å²) < 4.78 is 5.34. The van der Waals surface area contributed by atoms with Gasteiger partial charge in [0.05, 0.1) is 17.1 Å². The van der Waals surface area contributed by atoms with Crippen LogP contribution in [0.3, 0.4) is 0 Å². The van der Waals surface area contributed by atoms with Gasteiger partial charge >= 0.3 is 0 Å². The van der Waals surface area contributed by atoms with Gasteiger partial charge < -0.3 is 15.4 Å². The number of aromatic nitrogens is 1. The second kappa shape index (κ2) is 7.91. The molecule has 0 aliphatic heterocycles. The van der Waals surface area contributed by atoms with E-state index in [2.05, 4.69) is 15.6 Å². The predicted octanol–water partition coefficient (Wildman–Crippen LogP) is 2.36. The number of nitrogens with one attached hydrogen (secondary N) is 2. The molecular weight excluding hydrogens is 312 g/mol. The van der Waals surface area contributed by atoms with Crippen molar-refractivity contribution >= 4 is 17.3 Å². The predicted molar refractivity (Wildman–Crippen MR) is 89.2 cm³/mol. The number of non-ortho nitro benzene ring substituents is 1. The monoisotopic (exact) mass is 330 g/mol. The highest BCUT2D eigenvalue weighted by Crippen LogP contribution is 2.23. The molecule has 2 N–H and O–H groups in total. The van der Waals surface area contributed by atoms with Crippen molar-refractivity contribution in [2.45, 2.75) is 13.5 Å². The van der Waals surface area contributed by atoms with E-state index >= 15 is 0 Å². The minimum absolute atomic E-state index is 0.137. The SMILES string of the molecule is CCOc1cc(CNc2ccc([N+](=O)[O-])cc2C(=O)NC)ccn1. The van der Waals surface area contributed by atoms with Crippen LogP contribution >= 0.6 is 0 Å². The Morgan fingerprint density at radius 3 is 2.79 bits per heavy atom. The van der Waals surface area contributed by atoms with Gasteiger partial charge in [-0.3, -0.25) is 14.9 Å². The zero-order chi connectivity index (χ0) is 17.5. The van der Waals surface area contributed by atoms with E-state index in [1.165, 1.54) is 25.2 Å². The number of pyridine rings is 1. The van der Waals surface area contributed by atoms with Gasteiger partial charge in [-0.2, -0.15) is 0 Å². The maximum absolute atomic E-state index is 12.0. The van der Waals surface area contributed by atoms with E-state index < -0.39 is 10.8 Å². The molecule has 24 heavy (non-hydrogen) atoms. The van der Waals surface area contributed by atoms with Gasteiger partial charge in [-0.1, -0.05) is 0 Å². The molecule has 0 radical (unpaired) electrons. The molecule has 2 aromatic rings. The topological polar surface area (TPSA) is 106 Å². The fourth-order valence-corrected chi connectivity index (χ4v) is 2.11. The van der Waals surface area contributed by atoms with Crippen LogP contribution in [0, 0.1) is 10.1 Å². The summed E-state index contributed by atoms with van der Waals surface area (Å²) in [6.45, 7) is 2.82. The summed E-state index contributed by atoms with van der Waals surface area (Å²) in [7, 11) is 1.47. The third-order valence-corrected chi connectivity index (χ3v) is 3.26. The maximum atomic E-state index is 12.0. The van der Waals surface area contributed by atoms with Crippen LogP contribution in [0.2, 0.25) is 0 Å². The first-order valence-electron chi connectivity index (χ1n) is 7.37. The van der Waals surface area contributed by atoms with Crippen LogP contribution in [0.5, 0.6) is 5.88 Å². The molecule has 0 aliphatic rings. The molecule has 2 rings (SSSR count). The number of rotatable bonds is 7. The quantitative estimate of drug-likeness (QED) is 0.596. The van der Waals surface area contributed by atoms with Gasteiger partial charge in [0.15, 0.2) is 0 Å². The first kappa shape index (κ1) is 17.2. The molecule has 0 atom stereocenters. The van der Waals surface area contributed by atoms with Crippen molar-refractivity contribution in [3.8, 4) is 5.88 Å². The van der Waals surface area contributed by atoms with Gasteiger partial charge in [-0.25, -0.2) is 4.98 Å². The fourth-order valence-electron chi connectivity index (χ4n) is 2.11. The highest BCUT2D eigenvalue weighted by atomic mass is 16.6. The Kier molecular flexibility index (Phi) is 5.67. The van der Waals surface area contributed by atoms with Crippen molar-refractivity contribution in [3.05, 3.63) is 57.8 Å². The Bertz CT molecular complexity index is 749. The second-order valence-electron chi connectivity index (χ2n) is 4.86. The summed E-state index contributed by atoms with van der Waals surface area (Å²) in [5, 5.41) is 16.5. The summed E-state index contributed by atoms with van der Waals surface area (Å²) in [4.78, 5) is 26.4. The number of hydrogen-bond donors (Lipinski definition) is 2. The summed E-state index contributed by atoms with van der Waals surface area (Å²) in [5.41, 5.74) is 1.50. The number of nitro groups is 1. The highest BCUT2D eigenvalue weighted by Gasteiger charge is 2.15. The fraction of sp³-hybridized carbons (Fsp3) is 0.250. The lowest BCUT2D eigenvalue weighted by Crippen LogP contribution is -2.20. The van der Waals surface area contributed by atoms with Gasteiger partial charge in [0.25, 0.3) is 11.6 Å². The van der Waals surface area contributed by atoms with Gasteiger partial charge in [-0.05, 0) is 24.6 Å². The van der Waals surface area contributed by atoms with Crippen molar-refractivity contribution in [2.75, 3.05) is 19.0 Å². The van der Waals surface area contributed by atoms with Gasteiger partial charge in [0.1, 0.15) is 0 Å². The number of hydrogen-bond acceptors (Lipinski definition) is 6. The average Bonchev–Trinajstić information content (AvgIpc) is 2.59. The molecule has 0 saturated heterocycles. The number of nitro benzene ring substituents is 1.